The van der Waals surface area contributed by atoms with Gasteiger partial charge in [-0.3, -0.25) is 4.90 Å². The summed E-state index contributed by atoms with van der Waals surface area (Å²) in [5.41, 5.74) is 5.92. The molecule has 104 valence electrons. The molecule has 0 saturated carbocycles. The van der Waals surface area contributed by atoms with Crippen LogP contribution in [0.15, 0.2) is 0 Å². The number of rotatable bonds is 3. The Morgan fingerprint density at radius 1 is 1.28 bits per heavy atom. The van der Waals surface area contributed by atoms with E-state index in [1.165, 1.54) is 0 Å². The third-order valence-electron chi connectivity index (χ3n) is 4.07. The number of nitrogens with two attached hydrogens (primary N) is 1. The number of hydrogen-bond donors (Lipinski definition) is 2. The summed E-state index contributed by atoms with van der Waals surface area (Å²) < 4.78 is 0. The van der Waals surface area contributed by atoms with Crippen molar-refractivity contribution in [3.63, 3.8) is 0 Å². The van der Waals surface area contributed by atoms with Crippen molar-refractivity contribution in [1.29, 1.82) is 0 Å². The van der Waals surface area contributed by atoms with Gasteiger partial charge >= 0.3 is 6.03 Å². The molecule has 2 aliphatic heterocycles. The molecule has 2 amide bonds. The van der Waals surface area contributed by atoms with Crippen molar-refractivity contribution in [1.82, 2.24) is 15.1 Å². The predicted octanol–water partition coefficient (Wildman–Crippen LogP) is 0.603. The molecule has 0 bridgehead atoms. The third-order valence-corrected chi connectivity index (χ3v) is 4.07. The number of nitrogens with one attached hydrogen (secondary N) is 1. The van der Waals surface area contributed by atoms with Crippen molar-refractivity contribution < 1.29 is 4.79 Å². The molecule has 2 aliphatic rings. The molecule has 1 atom stereocenters. The fourth-order valence-corrected chi connectivity index (χ4v) is 2.85. The summed E-state index contributed by atoms with van der Waals surface area (Å²) in [6.07, 6.45) is 4.29. The fraction of sp³-hybridized carbons (Fsp3) is 0.923. The molecule has 5 nitrogen and oxygen atoms in total. The average molecular weight is 254 g/mol. The normalized spacial score (nSPS) is 26.6. The van der Waals surface area contributed by atoms with Crippen LogP contribution in [-0.2, 0) is 0 Å². The summed E-state index contributed by atoms with van der Waals surface area (Å²) >= 11 is 0. The first kappa shape index (κ1) is 13.6. The van der Waals surface area contributed by atoms with Crippen LogP contribution in [0.3, 0.4) is 0 Å². The molecular weight excluding hydrogens is 228 g/mol. The zero-order chi connectivity index (χ0) is 13.0. The second-order valence-corrected chi connectivity index (χ2v) is 5.49. The molecule has 0 aromatic heterocycles. The van der Waals surface area contributed by atoms with Gasteiger partial charge in [0.15, 0.2) is 0 Å². The van der Waals surface area contributed by atoms with Gasteiger partial charge in [0.1, 0.15) is 0 Å². The molecule has 2 heterocycles. The smallest absolute Gasteiger partial charge is 0.317 e. The van der Waals surface area contributed by atoms with E-state index >= 15 is 0 Å². The van der Waals surface area contributed by atoms with Gasteiger partial charge in [-0.05, 0) is 38.8 Å². The van der Waals surface area contributed by atoms with Crippen molar-refractivity contribution >= 4 is 6.03 Å². The van der Waals surface area contributed by atoms with Gasteiger partial charge in [-0.1, -0.05) is 6.92 Å². The van der Waals surface area contributed by atoms with E-state index < -0.39 is 0 Å². The average Bonchev–Trinajstić information content (AvgIpc) is 2.86. The van der Waals surface area contributed by atoms with Crippen LogP contribution in [0, 0.1) is 0 Å². The van der Waals surface area contributed by atoms with E-state index in [2.05, 4.69) is 17.1 Å². The molecule has 5 heteroatoms. The Labute approximate surface area is 110 Å². The minimum atomic E-state index is 0.105. The summed E-state index contributed by atoms with van der Waals surface area (Å²) in [7, 11) is 0. The van der Waals surface area contributed by atoms with Crippen LogP contribution >= 0.6 is 0 Å². The molecule has 2 saturated heterocycles. The molecule has 0 aromatic rings. The van der Waals surface area contributed by atoms with Crippen molar-refractivity contribution in [2.75, 3.05) is 32.7 Å². The first-order chi connectivity index (χ1) is 8.70. The van der Waals surface area contributed by atoms with Gasteiger partial charge in [-0.25, -0.2) is 4.79 Å². The lowest BCUT2D eigenvalue weighted by Gasteiger charge is -2.34. The van der Waals surface area contributed by atoms with Crippen LogP contribution in [0.4, 0.5) is 4.79 Å². The Bertz CT molecular complexity index is 276. The Kier molecular flexibility index (Phi) is 4.83. The lowest BCUT2D eigenvalue weighted by Crippen LogP contribution is -2.47. The van der Waals surface area contributed by atoms with E-state index in [0.29, 0.717) is 12.1 Å². The molecule has 3 N–H and O–H groups in total. The summed E-state index contributed by atoms with van der Waals surface area (Å²) in [6, 6.07) is 1.03. The Morgan fingerprint density at radius 2 is 2.00 bits per heavy atom. The predicted molar refractivity (Wildman–Crippen MR) is 72.5 cm³/mol. The number of hydrogen-bond acceptors (Lipinski definition) is 3. The fourth-order valence-electron chi connectivity index (χ4n) is 2.85. The molecule has 1 unspecified atom stereocenters. The number of nitrogens with zero attached hydrogens (tertiary/aromatic N) is 2. The first-order valence-electron chi connectivity index (χ1n) is 7.23. The van der Waals surface area contributed by atoms with Crippen molar-refractivity contribution in [3.05, 3.63) is 0 Å². The van der Waals surface area contributed by atoms with Crippen molar-refractivity contribution in [2.24, 2.45) is 5.73 Å². The third kappa shape index (κ3) is 3.36. The van der Waals surface area contributed by atoms with Gasteiger partial charge in [0.05, 0.1) is 0 Å². The lowest BCUT2D eigenvalue weighted by molar-refractivity contribution is 0.152. The van der Waals surface area contributed by atoms with Gasteiger partial charge in [-0.15, -0.1) is 0 Å². The summed E-state index contributed by atoms with van der Waals surface area (Å²) in [6.45, 7) is 6.81. The quantitative estimate of drug-likeness (QED) is 0.775. The van der Waals surface area contributed by atoms with Crippen LogP contribution in [0.1, 0.15) is 32.6 Å². The van der Waals surface area contributed by atoms with Crippen LogP contribution in [0.25, 0.3) is 0 Å². The van der Waals surface area contributed by atoms with Gasteiger partial charge in [0.2, 0.25) is 0 Å². The molecule has 2 fully saturated rings. The topological polar surface area (TPSA) is 61.6 Å². The molecular formula is C13H26N4O. The maximum absolute atomic E-state index is 11.9. The highest BCUT2D eigenvalue weighted by atomic mass is 16.2. The zero-order valence-corrected chi connectivity index (χ0v) is 11.4. The molecule has 2 rings (SSSR count). The summed E-state index contributed by atoms with van der Waals surface area (Å²) in [4.78, 5) is 16.3. The Balaban J connectivity index is 1.76. The number of carbonyl (C=O) groups excluding carboxylic acids is 1. The maximum Gasteiger partial charge on any atom is 0.317 e. The van der Waals surface area contributed by atoms with E-state index in [9.17, 15) is 4.79 Å². The van der Waals surface area contributed by atoms with Crippen LogP contribution in [0.2, 0.25) is 0 Å². The second kappa shape index (κ2) is 6.38. The standard InChI is InChI=1S/C13H26N4O/c1-2-6-15-13(18)17-9-5-12(10-17)16-7-3-11(14)4-8-16/h11-12H,2-10,14H2,1H3,(H,15,18). The molecule has 18 heavy (non-hydrogen) atoms. The minimum Gasteiger partial charge on any atom is -0.338 e. The first-order valence-corrected chi connectivity index (χ1v) is 7.23. The monoisotopic (exact) mass is 254 g/mol. The molecule has 0 aliphatic carbocycles. The Morgan fingerprint density at radius 3 is 2.67 bits per heavy atom. The number of piperidine rings is 1. The van der Waals surface area contributed by atoms with Gasteiger partial charge in [0, 0.05) is 31.7 Å². The Hall–Kier alpha value is -0.810. The van der Waals surface area contributed by atoms with E-state index in [0.717, 1.165) is 58.4 Å². The number of urea groups is 1. The largest absolute Gasteiger partial charge is 0.338 e. The van der Waals surface area contributed by atoms with E-state index in [4.69, 9.17) is 5.73 Å². The number of likely N-dealkylation sites (tertiary alicyclic amines) is 2. The summed E-state index contributed by atoms with van der Waals surface area (Å²) in [5.74, 6) is 0. The zero-order valence-electron chi connectivity index (χ0n) is 11.4. The van der Waals surface area contributed by atoms with E-state index in [1.54, 1.807) is 0 Å². The van der Waals surface area contributed by atoms with Crippen LogP contribution in [0.5, 0.6) is 0 Å². The molecule has 0 radical (unpaired) electrons. The van der Waals surface area contributed by atoms with Gasteiger partial charge in [0.25, 0.3) is 0 Å². The highest BCUT2D eigenvalue weighted by Gasteiger charge is 2.31. The molecule has 0 aromatic carbocycles. The number of carbonyl (C=O) groups is 1. The van der Waals surface area contributed by atoms with Crippen LogP contribution < -0.4 is 11.1 Å². The van der Waals surface area contributed by atoms with Crippen molar-refractivity contribution in [2.45, 2.75) is 44.7 Å². The highest BCUT2D eigenvalue weighted by Crippen LogP contribution is 2.19. The lowest BCUT2D eigenvalue weighted by atomic mass is 10.0. The highest BCUT2D eigenvalue weighted by molar-refractivity contribution is 5.74. The van der Waals surface area contributed by atoms with E-state index in [1.807, 2.05) is 4.90 Å². The van der Waals surface area contributed by atoms with Gasteiger partial charge in [-0.2, -0.15) is 0 Å². The number of amides is 2. The SMILES string of the molecule is CCCNC(=O)N1CCC(N2CCC(N)CC2)C1. The van der Waals surface area contributed by atoms with Gasteiger partial charge < -0.3 is 16.0 Å². The van der Waals surface area contributed by atoms with E-state index in [-0.39, 0.29) is 6.03 Å². The molecule has 0 spiro atoms. The summed E-state index contributed by atoms with van der Waals surface area (Å²) in [5, 5.41) is 2.95. The minimum absolute atomic E-state index is 0.105. The maximum atomic E-state index is 11.9. The van der Waals surface area contributed by atoms with Crippen molar-refractivity contribution in [3.8, 4) is 0 Å². The van der Waals surface area contributed by atoms with Crippen LogP contribution in [-0.4, -0.2) is 60.6 Å². The second-order valence-electron chi connectivity index (χ2n) is 5.49.